The smallest absolute Gasteiger partial charge is 0.269 e. The monoisotopic (exact) mass is 425 g/mol. The van der Waals surface area contributed by atoms with Crippen LogP contribution in [0.25, 0.3) is 0 Å². The van der Waals surface area contributed by atoms with Crippen LogP contribution in [-0.4, -0.2) is 50.4 Å². The Morgan fingerprint density at radius 1 is 0.839 bits per heavy atom. The van der Waals surface area contributed by atoms with Gasteiger partial charge in [0.15, 0.2) is 0 Å². The van der Waals surface area contributed by atoms with Gasteiger partial charge in [-0.15, -0.1) is 0 Å². The van der Waals surface area contributed by atoms with Crippen molar-refractivity contribution < 1.29 is 24.2 Å². The molecule has 3 rings (SSSR count). The molecule has 1 aliphatic heterocycles. The van der Waals surface area contributed by atoms with Gasteiger partial charge in [-0.2, -0.15) is 0 Å². The Kier molecular flexibility index (Phi) is 8.14. The van der Waals surface area contributed by atoms with Crippen LogP contribution in [0.1, 0.15) is 29.3 Å². The van der Waals surface area contributed by atoms with Crippen LogP contribution < -0.4 is 26.0 Å². The fraction of sp³-hybridized carbons (Fsp3) is 0.348. The summed E-state index contributed by atoms with van der Waals surface area (Å²) in [6.07, 6.45) is 0.366. The molecule has 0 atom stereocenters. The van der Waals surface area contributed by atoms with E-state index in [9.17, 15) is 14.4 Å². The van der Waals surface area contributed by atoms with Crippen molar-refractivity contribution >= 4 is 23.4 Å². The number of hydrogen-bond donors (Lipinski definition) is 5. The van der Waals surface area contributed by atoms with Crippen LogP contribution in [0.2, 0.25) is 0 Å². The predicted octanol–water partition coefficient (Wildman–Crippen LogP) is -1.22. The standard InChI is InChI=1S/C23H29N5O3/c1-18(29)24-21-9-7-20(8-10-21)23(31)26-25-22(30)11-12-27-13-15-28(16-14-27)17-19-5-3-2-4-6-19/h2-10H,11-17H2,1H3,(H,24,29)(H,25,30)(H,26,31)/p+2. The lowest BCUT2D eigenvalue weighted by molar-refractivity contribution is -1.02. The van der Waals surface area contributed by atoms with Gasteiger partial charge in [0.05, 0.1) is 13.0 Å². The first-order chi connectivity index (χ1) is 15.0. The summed E-state index contributed by atoms with van der Waals surface area (Å²) in [7, 11) is 0. The van der Waals surface area contributed by atoms with E-state index in [2.05, 4.69) is 40.4 Å². The number of nitrogens with one attached hydrogen (secondary N) is 5. The molecule has 0 aromatic heterocycles. The zero-order valence-corrected chi connectivity index (χ0v) is 17.9. The molecule has 0 bridgehead atoms. The minimum absolute atomic E-state index is 0.175. The molecular weight excluding hydrogens is 394 g/mol. The Morgan fingerprint density at radius 2 is 1.48 bits per heavy atom. The van der Waals surface area contributed by atoms with E-state index in [-0.39, 0.29) is 11.8 Å². The molecule has 0 saturated carbocycles. The first kappa shape index (κ1) is 22.5. The van der Waals surface area contributed by atoms with Crippen LogP contribution in [-0.2, 0) is 16.1 Å². The molecule has 8 nitrogen and oxygen atoms in total. The van der Waals surface area contributed by atoms with Gasteiger partial charge >= 0.3 is 0 Å². The van der Waals surface area contributed by atoms with E-state index in [1.807, 2.05) is 6.07 Å². The first-order valence-electron chi connectivity index (χ1n) is 10.7. The number of rotatable bonds is 7. The maximum Gasteiger partial charge on any atom is 0.269 e. The number of carbonyl (C=O) groups excluding carboxylic acids is 3. The Morgan fingerprint density at radius 3 is 2.13 bits per heavy atom. The van der Waals surface area contributed by atoms with Gasteiger partial charge in [0.2, 0.25) is 11.8 Å². The second-order valence-corrected chi connectivity index (χ2v) is 7.92. The van der Waals surface area contributed by atoms with Crippen molar-refractivity contribution in [1.82, 2.24) is 10.9 Å². The average molecular weight is 426 g/mol. The van der Waals surface area contributed by atoms with Gasteiger partial charge in [-0.3, -0.25) is 25.2 Å². The molecule has 0 spiro atoms. The van der Waals surface area contributed by atoms with Crippen molar-refractivity contribution in [2.24, 2.45) is 0 Å². The summed E-state index contributed by atoms with van der Waals surface area (Å²) in [6.45, 7) is 7.50. The normalized spacial score (nSPS) is 18.1. The Balaban J connectivity index is 1.32. The lowest BCUT2D eigenvalue weighted by Crippen LogP contribution is -3.27. The highest BCUT2D eigenvalue weighted by molar-refractivity contribution is 5.96. The van der Waals surface area contributed by atoms with Crippen LogP contribution in [0.5, 0.6) is 0 Å². The minimum Gasteiger partial charge on any atom is -0.326 e. The van der Waals surface area contributed by atoms with E-state index in [1.165, 1.54) is 17.4 Å². The largest absolute Gasteiger partial charge is 0.326 e. The Labute approximate surface area is 182 Å². The van der Waals surface area contributed by atoms with Gasteiger partial charge in [-0.1, -0.05) is 30.3 Å². The molecule has 8 heteroatoms. The van der Waals surface area contributed by atoms with E-state index >= 15 is 0 Å². The summed E-state index contributed by atoms with van der Waals surface area (Å²) in [5, 5.41) is 2.64. The number of amides is 3. The second kappa shape index (κ2) is 11.2. The molecular formula is C23H31N5O3+2. The van der Waals surface area contributed by atoms with E-state index in [4.69, 9.17) is 0 Å². The summed E-state index contributed by atoms with van der Waals surface area (Å²) >= 11 is 0. The summed E-state index contributed by atoms with van der Waals surface area (Å²) in [5.74, 6) is -0.770. The first-order valence-corrected chi connectivity index (χ1v) is 10.7. The zero-order valence-electron chi connectivity index (χ0n) is 17.9. The number of benzene rings is 2. The van der Waals surface area contributed by atoms with Crippen LogP contribution in [0.3, 0.4) is 0 Å². The van der Waals surface area contributed by atoms with Crippen LogP contribution in [0.15, 0.2) is 54.6 Å². The lowest BCUT2D eigenvalue weighted by Gasteiger charge is -2.29. The number of hydrogen-bond acceptors (Lipinski definition) is 3. The van der Waals surface area contributed by atoms with Crippen LogP contribution in [0, 0.1) is 0 Å². The van der Waals surface area contributed by atoms with Crippen molar-refractivity contribution in [3.63, 3.8) is 0 Å². The number of piperazine rings is 1. The third kappa shape index (κ3) is 7.51. The fourth-order valence-corrected chi connectivity index (χ4v) is 3.73. The molecule has 1 aliphatic rings. The molecule has 0 aliphatic carbocycles. The molecule has 2 aromatic carbocycles. The summed E-state index contributed by atoms with van der Waals surface area (Å²) < 4.78 is 0. The maximum atomic E-state index is 12.2. The van der Waals surface area contributed by atoms with E-state index in [0.29, 0.717) is 17.7 Å². The van der Waals surface area contributed by atoms with Gasteiger partial charge in [-0.05, 0) is 24.3 Å². The highest BCUT2D eigenvalue weighted by Crippen LogP contribution is 2.09. The van der Waals surface area contributed by atoms with E-state index in [0.717, 1.165) is 39.3 Å². The third-order valence-electron chi connectivity index (χ3n) is 5.45. The van der Waals surface area contributed by atoms with Gasteiger partial charge in [0.25, 0.3) is 5.91 Å². The molecule has 31 heavy (non-hydrogen) atoms. The van der Waals surface area contributed by atoms with E-state index in [1.54, 1.807) is 29.2 Å². The van der Waals surface area contributed by atoms with Crippen molar-refractivity contribution in [1.29, 1.82) is 0 Å². The Bertz CT molecular complexity index is 878. The lowest BCUT2D eigenvalue weighted by atomic mass is 10.2. The van der Waals surface area contributed by atoms with E-state index < -0.39 is 5.91 Å². The fourth-order valence-electron chi connectivity index (χ4n) is 3.73. The van der Waals surface area contributed by atoms with Gasteiger partial charge in [0, 0.05) is 23.7 Å². The summed E-state index contributed by atoms with van der Waals surface area (Å²) in [6, 6.07) is 17.0. The Hall–Kier alpha value is -3.23. The quantitative estimate of drug-likeness (QED) is 0.360. The number of hydrazine groups is 1. The summed E-state index contributed by atoms with van der Waals surface area (Å²) in [5.41, 5.74) is 7.30. The molecule has 1 heterocycles. The average Bonchev–Trinajstić information content (AvgIpc) is 2.78. The van der Waals surface area contributed by atoms with Crippen LogP contribution in [0.4, 0.5) is 5.69 Å². The van der Waals surface area contributed by atoms with Crippen molar-refractivity contribution in [2.45, 2.75) is 19.9 Å². The van der Waals surface area contributed by atoms with Gasteiger partial charge in [-0.25, -0.2) is 0 Å². The molecule has 164 valence electrons. The number of anilines is 1. The molecule has 5 N–H and O–H groups in total. The number of quaternary nitrogens is 2. The third-order valence-corrected chi connectivity index (χ3v) is 5.45. The molecule has 1 saturated heterocycles. The van der Waals surface area contributed by atoms with Gasteiger partial charge < -0.3 is 15.1 Å². The molecule has 0 radical (unpaired) electrons. The van der Waals surface area contributed by atoms with Crippen molar-refractivity contribution in [3.8, 4) is 0 Å². The van der Waals surface area contributed by atoms with Crippen molar-refractivity contribution in [3.05, 3.63) is 65.7 Å². The molecule has 1 fully saturated rings. The van der Waals surface area contributed by atoms with Crippen LogP contribution >= 0.6 is 0 Å². The SMILES string of the molecule is CC(=O)Nc1ccc(C(=O)NNC(=O)CC[NH+]2CC[NH+](Cc3ccccc3)CC2)cc1. The predicted molar refractivity (Wildman–Crippen MR) is 117 cm³/mol. The maximum absolute atomic E-state index is 12.2. The zero-order chi connectivity index (χ0) is 22.1. The second-order valence-electron chi connectivity index (χ2n) is 7.92. The molecule has 3 amide bonds. The minimum atomic E-state index is -0.395. The highest BCUT2D eigenvalue weighted by Gasteiger charge is 2.23. The highest BCUT2D eigenvalue weighted by atomic mass is 16.2. The van der Waals surface area contributed by atoms with Crippen molar-refractivity contribution in [2.75, 3.05) is 38.0 Å². The van der Waals surface area contributed by atoms with Gasteiger partial charge in [0.1, 0.15) is 32.7 Å². The number of carbonyl (C=O) groups is 3. The topological polar surface area (TPSA) is 96.2 Å². The summed E-state index contributed by atoms with van der Waals surface area (Å²) in [4.78, 5) is 38.3. The molecule has 0 unspecified atom stereocenters. The molecule has 2 aromatic rings.